The predicted octanol–water partition coefficient (Wildman–Crippen LogP) is 2.82. The van der Waals surface area contributed by atoms with E-state index < -0.39 is 0 Å². The molecule has 84 valence electrons. The van der Waals surface area contributed by atoms with Gasteiger partial charge in [-0.1, -0.05) is 0 Å². The molecule has 15 heavy (non-hydrogen) atoms. The summed E-state index contributed by atoms with van der Waals surface area (Å²) in [6.07, 6.45) is 4.65. The monoisotopic (exact) mass is 225 g/mol. The number of hydrogen-bond donors (Lipinski definition) is 1. The van der Waals surface area contributed by atoms with Crippen molar-refractivity contribution in [2.24, 2.45) is 5.92 Å². The first-order valence-corrected chi connectivity index (χ1v) is 6.83. The fourth-order valence-electron chi connectivity index (χ4n) is 1.49. The van der Waals surface area contributed by atoms with E-state index in [-0.39, 0.29) is 0 Å². The van der Waals surface area contributed by atoms with Crippen LogP contribution in [0.3, 0.4) is 0 Å². The fourth-order valence-corrected chi connectivity index (χ4v) is 2.40. The summed E-state index contributed by atoms with van der Waals surface area (Å²) in [7, 11) is 0. The maximum Gasteiger partial charge on any atom is 0.116 e. The predicted molar refractivity (Wildman–Crippen MR) is 65.2 cm³/mol. The molecule has 1 aromatic rings. The molecule has 0 aromatic carbocycles. The Hall–Kier alpha value is -0.410. The lowest BCUT2D eigenvalue weighted by atomic mass is 10.3. The molecular weight excluding hydrogens is 206 g/mol. The third-order valence-electron chi connectivity index (χ3n) is 2.75. The summed E-state index contributed by atoms with van der Waals surface area (Å²) in [5.74, 6) is 4.29. The first-order valence-electron chi connectivity index (χ1n) is 5.67. The van der Waals surface area contributed by atoms with E-state index in [1.807, 2.05) is 17.8 Å². The molecule has 0 bridgehead atoms. The first-order chi connectivity index (χ1) is 7.36. The van der Waals surface area contributed by atoms with Crippen molar-refractivity contribution in [2.45, 2.75) is 25.5 Å². The molecule has 1 fully saturated rings. The fraction of sp³-hybridized carbons (Fsp3) is 0.667. The second-order valence-corrected chi connectivity index (χ2v) is 5.33. The molecule has 0 amide bonds. The van der Waals surface area contributed by atoms with Crippen LogP contribution in [0.2, 0.25) is 0 Å². The Balaban J connectivity index is 1.49. The van der Waals surface area contributed by atoms with Crippen LogP contribution in [-0.4, -0.2) is 18.8 Å². The summed E-state index contributed by atoms with van der Waals surface area (Å²) in [5.41, 5.74) is 1.27. The van der Waals surface area contributed by atoms with E-state index in [0.717, 1.165) is 24.0 Å². The van der Waals surface area contributed by atoms with Crippen molar-refractivity contribution in [1.29, 1.82) is 0 Å². The van der Waals surface area contributed by atoms with Crippen molar-refractivity contribution >= 4 is 11.8 Å². The zero-order chi connectivity index (χ0) is 10.5. The topological polar surface area (TPSA) is 25.2 Å². The third kappa shape index (κ3) is 3.92. The molecule has 2 nitrogen and oxygen atoms in total. The summed E-state index contributed by atoms with van der Waals surface area (Å²) in [4.78, 5) is 0. The van der Waals surface area contributed by atoms with Gasteiger partial charge >= 0.3 is 0 Å². The lowest BCUT2D eigenvalue weighted by molar-refractivity contribution is 0.528. The minimum absolute atomic E-state index is 0.988. The number of hydrogen-bond acceptors (Lipinski definition) is 3. The molecule has 0 aliphatic heterocycles. The van der Waals surface area contributed by atoms with Crippen LogP contribution >= 0.6 is 11.8 Å². The molecule has 0 radical (unpaired) electrons. The molecule has 1 aliphatic rings. The van der Waals surface area contributed by atoms with Gasteiger partial charge in [0, 0.05) is 12.3 Å². The van der Waals surface area contributed by atoms with Gasteiger partial charge < -0.3 is 9.73 Å². The van der Waals surface area contributed by atoms with Gasteiger partial charge in [-0.15, -0.1) is 0 Å². The van der Waals surface area contributed by atoms with Crippen molar-refractivity contribution in [3.8, 4) is 0 Å². The molecule has 1 saturated carbocycles. The Kier molecular flexibility index (Phi) is 4.15. The highest BCUT2D eigenvalue weighted by Gasteiger charge is 2.19. The third-order valence-corrected chi connectivity index (χ3v) is 3.71. The summed E-state index contributed by atoms with van der Waals surface area (Å²) in [5, 5.41) is 3.49. The first kappa shape index (κ1) is 11.1. The number of rotatable bonds is 7. The minimum atomic E-state index is 0.988. The van der Waals surface area contributed by atoms with Crippen molar-refractivity contribution in [3.05, 3.63) is 23.7 Å². The number of thioether (sulfide) groups is 1. The second-order valence-electron chi connectivity index (χ2n) is 4.23. The zero-order valence-corrected chi connectivity index (χ0v) is 10.1. The maximum absolute atomic E-state index is 5.38. The van der Waals surface area contributed by atoms with E-state index in [0.29, 0.717) is 0 Å². The van der Waals surface area contributed by atoms with E-state index in [2.05, 4.69) is 12.2 Å². The van der Waals surface area contributed by atoms with Gasteiger partial charge in [-0.25, -0.2) is 0 Å². The van der Waals surface area contributed by atoms with Crippen LogP contribution in [0.5, 0.6) is 0 Å². The van der Waals surface area contributed by atoms with Crippen molar-refractivity contribution in [1.82, 2.24) is 5.32 Å². The van der Waals surface area contributed by atoms with Crippen LogP contribution in [0.25, 0.3) is 0 Å². The van der Waals surface area contributed by atoms with E-state index in [9.17, 15) is 0 Å². The van der Waals surface area contributed by atoms with Gasteiger partial charge in [-0.3, -0.25) is 0 Å². The Morgan fingerprint density at radius 2 is 2.40 bits per heavy atom. The lowest BCUT2D eigenvalue weighted by Crippen LogP contribution is -2.19. The highest BCUT2D eigenvalue weighted by Crippen LogP contribution is 2.27. The van der Waals surface area contributed by atoms with E-state index in [4.69, 9.17) is 4.42 Å². The van der Waals surface area contributed by atoms with Crippen LogP contribution in [0.15, 0.2) is 16.7 Å². The quantitative estimate of drug-likeness (QED) is 0.722. The highest BCUT2D eigenvalue weighted by molar-refractivity contribution is 7.98. The number of nitrogens with one attached hydrogen (secondary N) is 1. The Morgan fingerprint density at radius 3 is 3.07 bits per heavy atom. The van der Waals surface area contributed by atoms with Crippen LogP contribution in [0.1, 0.15) is 24.2 Å². The molecule has 2 rings (SSSR count). The molecule has 0 spiro atoms. The van der Waals surface area contributed by atoms with Gasteiger partial charge in [-0.05, 0) is 43.9 Å². The minimum Gasteiger partial charge on any atom is -0.468 e. The smallest absolute Gasteiger partial charge is 0.116 e. The van der Waals surface area contributed by atoms with E-state index >= 15 is 0 Å². The molecule has 0 unspecified atom stereocenters. The van der Waals surface area contributed by atoms with Crippen LogP contribution in [0, 0.1) is 12.8 Å². The van der Waals surface area contributed by atoms with Crippen LogP contribution in [0.4, 0.5) is 0 Å². The highest BCUT2D eigenvalue weighted by atomic mass is 32.2. The van der Waals surface area contributed by atoms with Crippen LogP contribution < -0.4 is 5.32 Å². The molecular formula is C12H19NOS. The normalized spacial score (nSPS) is 15.8. The van der Waals surface area contributed by atoms with Gasteiger partial charge in [-0.2, -0.15) is 11.8 Å². The summed E-state index contributed by atoms with van der Waals surface area (Å²) in [6, 6.07) is 2.03. The molecule has 1 N–H and O–H groups in total. The average Bonchev–Trinajstić information content (AvgIpc) is 2.96. The van der Waals surface area contributed by atoms with Crippen molar-refractivity contribution in [2.75, 3.05) is 18.8 Å². The Bertz CT molecular complexity index is 294. The van der Waals surface area contributed by atoms with Gasteiger partial charge in [0.25, 0.3) is 0 Å². The standard InChI is InChI=1S/C12H19NOS/c1-10-4-6-14-12(10)9-15-7-5-13-8-11-2-3-11/h4,6,11,13H,2-3,5,7-9H2,1H3. The van der Waals surface area contributed by atoms with Crippen LogP contribution in [-0.2, 0) is 5.75 Å². The lowest BCUT2D eigenvalue weighted by Gasteiger charge is -2.02. The average molecular weight is 225 g/mol. The second kappa shape index (κ2) is 5.61. The molecule has 1 heterocycles. The molecule has 0 saturated heterocycles. The Morgan fingerprint density at radius 1 is 1.53 bits per heavy atom. The molecule has 1 aromatic heterocycles. The zero-order valence-electron chi connectivity index (χ0n) is 9.29. The molecule has 3 heteroatoms. The summed E-state index contributed by atoms with van der Waals surface area (Å²) in [6.45, 7) is 4.45. The molecule has 0 atom stereocenters. The van der Waals surface area contributed by atoms with Gasteiger partial charge in [0.15, 0.2) is 0 Å². The van der Waals surface area contributed by atoms with Gasteiger partial charge in [0.1, 0.15) is 5.76 Å². The van der Waals surface area contributed by atoms with Gasteiger partial charge in [0.2, 0.25) is 0 Å². The maximum atomic E-state index is 5.38. The Labute approximate surface area is 95.8 Å². The number of furan rings is 1. The molecule has 1 aliphatic carbocycles. The SMILES string of the molecule is Cc1ccoc1CSCCNCC1CC1. The summed E-state index contributed by atoms with van der Waals surface area (Å²) < 4.78 is 5.38. The van der Waals surface area contributed by atoms with Gasteiger partial charge in [0.05, 0.1) is 12.0 Å². The van der Waals surface area contributed by atoms with Crippen molar-refractivity contribution < 1.29 is 4.42 Å². The van der Waals surface area contributed by atoms with Crippen molar-refractivity contribution in [3.63, 3.8) is 0 Å². The van der Waals surface area contributed by atoms with E-state index in [1.54, 1.807) is 6.26 Å². The van der Waals surface area contributed by atoms with E-state index in [1.165, 1.54) is 30.7 Å². The largest absolute Gasteiger partial charge is 0.468 e. The summed E-state index contributed by atoms with van der Waals surface area (Å²) >= 11 is 1.94. The number of aryl methyl sites for hydroxylation is 1.